The first-order valence-electron chi connectivity index (χ1n) is 6.80. The number of hydrogen-bond donors (Lipinski definition) is 0. The highest BCUT2D eigenvalue weighted by atomic mass is 32.1. The van der Waals surface area contributed by atoms with Crippen LogP contribution in [0.5, 0.6) is 0 Å². The van der Waals surface area contributed by atoms with Gasteiger partial charge in [0.2, 0.25) is 0 Å². The molecule has 3 aromatic heterocycles. The largest absolute Gasteiger partial charge is 0.247 e. The van der Waals surface area contributed by atoms with Crippen molar-refractivity contribution in [2.75, 3.05) is 0 Å². The molecule has 0 aliphatic rings. The van der Waals surface area contributed by atoms with Gasteiger partial charge >= 0.3 is 0 Å². The van der Waals surface area contributed by atoms with Gasteiger partial charge in [0.15, 0.2) is 0 Å². The van der Waals surface area contributed by atoms with Gasteiger partial charge in [0.25, 0.3) is 0 Å². The topological polar surface area (TPSA) is 12.9 Å². The molecule has 4 rings (SSSR count). The number of benzene rings is 1. The molecule has 0 bridgehead atoms. The van der Waals surface area contributed by atoms with Crippen LogP contribution in [-0.4, -0.2) is 4.98 Å². The molecule has 0 saturated heterocycles. The molecule has 0 fully saturated rings. The smallest absolute Gasteiger partial charge is 0.0815 e. The van der Waals surface area contributed by atoms with Crippen LogP contribution < -0.4 is 0 Å². The first kappa shape index (κ1) is 12.7. The molecule has 0 unspecified atom stereocenters. The van der Waals surface area contributed by atoms with E-state index in [4.69, 9.17) is 4.98 Å². The summed E-state index contributed by atoms with van der Waals surface area (Å²) in [6.45, 7) is 2.13. The number of fused-ring (bicyclic) bond motifs is 1. The van der Waals surface area contributed by atoms with E-state index in [0.29, 0.717) is 0 Å². The molecule has 0 radical (unpaired) electrons. The Morgan fingerprint density at radius 3 is 2.33 bits per heavy atom. The van der Waals surface area contributed by atoms with Gasteiger partial charge in [-0.25, -0.2) is 4.98 Å². The number of aryl methyl sites for hydroxylation is 1. The summed E-state index contributed by atoms with van der Waals surface area (Å²) in [5.41, 5.74) is 4.67. The lowest BCUT2D eigenvalue weighted by Gasteiger charge is -2.08. The molecule has 3 heterocycles. The maximum absolute atomic E-state index is 4.84. The Hall–Kier alpha value is -1.97. The molecule has 0 saturated carbocycles. The minimum Gasteiger partial charge on any atom is -0.247 e. The summed E-state index contributed by atoms with van der Waals surface area (Å²) in [4.78, 5) is 7.36. The zero-order valence-corrected chi connectivity index (χ0v) is 13.2. The molecule has 0 aliphatic heterocycles. The number of pyridine rings is 1. The van der Waals surface area contributed by atoms with E-state index in [1.807, 2.05) is 0 Å². The van der Waals surface area contributed by atoms with E-state index in [0.717, 1.165) is 11.2 Å². The summed E-state index contributed by atoms with van der Waals surface area (Å²) in [6.07, 6.45) is 0. The Morgan fingerprint density at radius 1 is 0.857 bits per heavy atom. The molecule has 0 atom stereocenters. The molecule has 21 heavy (non-hydrogen) atoms. The second-order valence-electron chi connectivity index (χ2n) is 5.03. The van der Waals surface area contributed by atoms with E-state index in [-0.39, 0.29) is 0 Å². The summed E-state index contributed by atoms with van der Waals surface area (Å²) in [5, 5.41) is 5.46. The minimum absolute atomic E-state index is 1.06. The van der Waals surface area contributed by atoms with E-state index in [1.54, 1.807) is 22.7 Å². The Balaban J connectivity index is 2.06. The van der Waals surface area contributed by atoms with E-state index >= 15 is 0 Å². The first-order chi connectivity index (χ1) is 10.3. The predicted octanol–water partition coefficient (Wildman–Crippen LogP) is 6.00. The Labute approximate surface area is 131 Å². The molecule has 0 N–H and O–H groups in total. The average molecular weight is 307 g/mol. The van der Waals surface area contributed by atoms with Gasteiger partial charge in [-0.2, -0.15) is 0 Å². The Kier molecular flexibility index (Phi) is 3.09. The second-order valence-corrected chi connectivity index (χ2v) is 6.93. The third-order valence-corrected chi connectivity index (χ3v) is 5.32. The summed E-state index contributed by atoms with van der Waals surface area (Å²) in [6, 6.07) is 17.2. The molecule has 1 nitrogen and oxygen atoms in total. The molecule has 4 aromatic rings. The number of hydrogen-bond acceptors (Lipinski definition) is 3. The van der Waals surface area contributed by atoms with Crippen LogP contribution in [0.2, 0.25) is 0 Å². The van der Waals surface area contributed by atoms with Gasteiger partial charge in [-0.1, -0.05) is 23.8 Å². The fourth-order valence-corrected chi connectivity index (χ4v) is 3.97. The third kappa shape index (κ3) is 2.28. The molecular weight excluding hydrogens is 294 g/mol. The monoisotopic (exact) mass is 307 g/mol. The highest BCUT2D eigenvalue weighted by molar-refractivity contribution is 7.14. The minimum atomic E-state index is 1.06. The van der Waals surface area contributed by atoms with Gasteiger partial charge < -0.3 is 0 Å². The standard InChI is InChI=1S/C18H13NS2/c1-12-6-7-15-13(10-12)14(17-4-2-8-20-17)11-16(19-15)18-5-3-9-21-18/h2-11H,1H3. The lowest BCUT2D eigenvalue weighted by atomic mass is 10.0. The van der Waals surface area contributed by atoms with Gasteiger partial charge in [0.1, 0.15) is 0 Å². The van der Waals surface area contributed by atoms with Crippen LogP contribution in [0.3, 0.4) is 0 Å². The first-order valence-corrected chi connectivity index (χ1v) is 8.56. The van der Waals surface area contributed by atoms with Gasteiger partial charge in [0.05, 0.1) is 16.1 Å². The molecule has 102 valence electrons. The van der Waals surface area contributed by atoms with Crippen LogP contribution in [0.4, 0.5) is 0 Å². The third-order valence-electron chi connectivity index (χ3n) is 3.52. The molecular formula is C18H13NS2. The summed E-state index contributed by atoms with van der Waals surface area (Å²) >= 11 is 3.51. The van der Waals surface area contributed by atoms with Crippen molar-refractivity contribution >= 4 is 33.6 Å². The van der Waals surface area contributed by atoms with Crippen molar-refractivity contribution in [3.05, 3.63) is 64.9 Å². The van der Waals surface area contributed by atoms with Crippen molar-refractivity contribution in [1.82, 2.24) is 4.98 Å². The number of thiophene rings is 2. The second kappa shape index (κ2) is 5.10. The summed E-state index contributed by atoms with van der Waals surface area (Å²) in [7, 11) is 0. The van der Waals surface area contributed by atoms with Crippen molar-refractivity contribution in [3.63, 3.8) is 0 Å². The van der Waals surface area contributed by atoms with Crippen molar-refractivity contribution in [1.29, 1.82) is 0 Å². The highest BCUT2D eigenvalue weighted by Gasteiger charge is 2.11. The molecule has 1 aromatic carbocycles. The predicted molar refractivity (Wildman–Crippen MR) is 93.1 cm³/mol. The Morgan fingerprint density at radius 2 is 1.62 bits per heavy atom. The summed E-state index contributed by atoms with van der Waals surface area (Å²) < 4.78 is 0. The van der Waals surface area contributed by atoms with Crippen molar-refractivity contribution in [3.8, 4) is 21.0 Å². The Bertz CT molecular complexity index is 891. The maximum atomic E-state index is 4.84. The van der Waals surface area contributed by atoms with Gasteiger partial charge in [-0.05, 0) is 48.0 Å². The van der Waals surface area contributed by atoms with Crippen molar-refractivity contribution in [2.24, 2.45) is 0 Å². The highest BCUT2D eigenvalue weighted by Crippen LogP contribution is 2.35. The van der Waals surface area contributed by atoms with Crippen LogP contribution in [0.25, 0.3) is 31.9 Å². The van der Waals surface area contributed by atoms with E-state index < -0.39 is 0 Å². The van der Waals surface area contributed by atoms with Crippen LogP contribution >= 0.6 is 22.7 Å². The van der Waals surface area contributed by atoms with E-state index in [2.05, 4.69) is 66.2 Å². The SMILES string of the molecule is Cc1ccc2nc(-c3cccs3)cc(-c3cccs3)c2c1. The van der Waals surface area contributed by atoms with E-state index in [1.165, 1.54) is 26.3 Å². The quantitative estimate of drug-likeness (QED) is 0.442. The number of nitrogens with zero attached hydrogens (tertiary/aromatic N) is 1. The zero-order valence-electron chi connectivity index (χ0n) is 11.5. The molecule has 0 aliphatic carbocycles. The molecule has 0 amide bonds. The lowest BCUT2D eigenvalue weighted by molar-refractivity contribution is 1.40. The van der Waals surface area contributed by atoms with Crippen LogP contribution in [0, 0.1) is 6.92 Å². The molecule has 3 heteroatoms. The van der Waals surface area contributed by atoms with Crippen LogP contribution in [0.15, 0.2) is 59.3 Å². The molecule has 0 spiro atoms. The van der Waals surface area contributed by atoms with Crippen LogP contribution in [0.1, 0.15) is 5.56 Å². The summed E-state index contributed by atoms with van der Waals surface area (Å²) in [5.74, 6) is 0. The zero-order chi connectivity index (χ0) is 14.2. The fourth-order valence-electron chi connectivity index (χ4n) is 2.53. The number of rotatable bonds is 2. The number of aromatic nitrogens is 1. The van der Waals surface area contributed by atoms with E-state index in [9.17, 15) is 0 Å². The van der Waals surface area contributed by atoms with Gasteiger partial charge in [-0.15, -0.1) is 22.7 Å². The normalized spacial score (nSPS) is 11.1. The lowest BCUT2D eigenvalue weighted by Crippen LogP contribution is -1.88. The maximum Gasteiger partial charge on any atom is 0.0815 e. The van der Waals surface area contributed by atoms with Gasteiger partial charge in [0, 0.05) is 15.8 Å². The average Bonchev–Trinajstić information content (AvgIpc) is 3.19. The van der Waals surface area contributed by atoms with Crippen molar-refractivity contribution in [2.45, 2.75) is 6.92 Å². The van der Waals surface area contributed by atoms with Crippen LogP contribution in [-0.2, 0) is 0 Å². The fraction of sp³-hybridized carbons (Fsp3) is 0.0556. The van der Waals surface area contributed by atoms with Crippen molar-refractivity contribution < 1.29 is 0 Å². The van der Waals surface area contributed by atoms with Gasteiger partial charge in [-0.3, -0.25) is 0 Å².